The van der Waals surface area contributed by atoms with Gasteiger partial charge in [0.1, 0.15) is 0 Å². The van der Waals surface area contributed by atoms with Crippen LogP contribution in [0.4, 0.5) is 0 Å². The van der Waals surface area contributed by atoms with E-state index in [2.05, 4.69) is 44.2 Å². The number of hydrogen-bond donors (Lipinski definition) is 0. The second-order valence-corrected chi connectivity index (χ2v) is 5.50. The summed E-state index contributed by atoms with van der Waals surface area (Å²) in [6.07, 6.45) is 5.06. The first kappa shape index (κ1) is 14.5. The Bertz CT molecular complexity index is 363. The van der Waals surface area contributed by atoms with E-state index in [0.29, 0.717) is 6.10 Å². The SMILES string of the molecule is CCOCC1(Cc2ccccc2)CCCC1OCC. The van der Waals surface area contributed by atoms with Gasteiger partial charge in [-0.3, -0.25) is 0 Å². The Morgan fingerprint density at radius 2 is 1.95 bits per heavy atom. The second kappa shape index (κ2) is 7.06. The minimum Gasteiger partial charge on any atom is -0.381 e. The summed E-state index contributed by atoms with van der Waals surface area (Å²) in [4.78, 5) is 0. The highest BCUT2D eigenvalue weighted by Gasteiger charge is 2.43. The van der Waals surface area contributed by atoms with Gasteiger partial charge in [-0.05, 0) is 38.7 Å². The number of benzene rings is 1. The van der Waals surface area contributed by atoms with Gasteiger partial charge in [0, 0.05) is 18.6 Å². The molecule has 1 aromatic carbocycles. The summed E-state index contributed by atoms with van der Waals surface area (Å²) in [5.41, 5.74) is 1.57. The van der Waals surface area contributed by atoms with Crippen molar-refractivity contribution in [2.45, 2.75) is 45.6 Å². The molecule has 0 aliphatic heterocycles. The Hall–Kier alpha value is -0.860. The molecule has 1 fully saturated rings. The molecular weight excluding hydrogens is 236 g/mol. The van der Waals surface area contributed by atoms with Crippen molar-refractivity contribution in [1.29, 1.82) is 0 Å². The van der Waals surface area contributed by atoms with Gasteiger partial charge in [-0.1, -0.05) is 36.8 Å². The number of rotatable bonds is 7. The summed E-state index contributed by atoms with van der Waals surface area (Å²) in [5.74, 6) is 0. The molecule has 0 amide bonds. The van der Waals surface area contributed by atoms with E-state index in [-0.39, 0.29) is 5.41 Å². The molecule has 1 aliphatic rings. The lowest BCUT2D eigenvalue weighted by Gasteiger charge is -2.35. The molecule has 0 radical (unpaired) electrons. The van der Waals surface area contributed by atoms with E-state index in [1.54, 1.807) is 0 Å². The van der Waals surface area contributed by atoms with Crippen molar-refractivity contribution in [3.63, 3.8) is 0 Å². The summed E-state index contributed by atoms with van der Waals surface area (Å²) in [6, 6.07) is 10.8. The largest absolute Gasteiger partial charge is 0.381 e. The summed E-state index contributed by atoms with van der Waals surface area (Å²) >= 11 is 0. The highest BCUT2D eigenvalue weighted by Crippen LogP contribution is 2.43. The molecule has 2 rings (SSSR count). The smallest absolute Gasteiger partial charge is 0.0656 e. The van der Waals surface area contributed by atoms with Crippen LogP contribution in [0.5, 0.6) is 0 Å². The Morgan fingerprint density at radius 1 is 1.16 bits per heavy atom. The first-order valence-corrected chi connectivity index (χ1v) is 7.54. The first-order chi connectivity index (χ1) is 9.30. The fourth-order valence-electron chi connectivity index (χ4n) is 3.29. The van der Waals surface area contributed by atoms with E-state index in [0.717, 1.165) is 26.2 Å². The monoisotopic (exact) mass is 262 g/mol. The van der Waals surface area contributed by atoms with E-state index >= 15 is 0 Å². The van der Waals surface area contributed by atoms with Crippen LogP contribution in [0.25, 0.3) is 0 Å². The van der Waals surface area contributed by atoms with Crippen LogP contribution in [0.1, 0.15) is 38.7 Å². The van der Waals surface area contributed by atoms with Crippen molar-refractivity contribution in [2.75, 3.05) is 19.8 Å². The van der Waals surface area contributed by atoms with Gasteiger partial charge in [-0.15, -0.1) is 0 Å². The van der Waals surface area contributed by atoms with Crippen molar-refractivity contribution in [3.05, 3.63) is 35.9 Å². The van der Waals surface area contributed by atoms with E-state index < -0.39 is 0 Å². The first-order valence-electron chi connectivity index (χ1n) is 7.54. The summed E-state index contributed by atoms with van der Waals surface area (Å²) in [7, 11) is 0. The van der Waals surface area contributed by atoms with E-state index in [4.69, 9.17) is 9.47 Å². The van der Waals surface area contributed by atoms with Crippen molar-refractivity contribution in [1.82, 2.24) is 0 Å². The molecule has 2 heteroatoms. The molecule has 0 saturated heterocycles. The average molecular weight is 262 g/mol. The van der Waals surface area contributed by atoms with Gasteiger partial charge >= 0.3 is 0 Å². The zero-order valence-corrected chi connectivity index (χ0v) is 12.2. The maximum absolute atomic E-state index is 6.01. The van der Waals surface area contributed by atoms with Crippen LogP contribution in [0.3, 0.4) is 0 Å². The van der Waals surface area contributed by atoms with Crippen molar-refractivity contribution in [2.24, 2.45) is 5.41 Å². The predicted octanol–water partition coefficient (Wildman–Crippen LogP) is 3.84. The third kappa shape index (κ3) is 3.58. The molecule has 106 valence electrons. The molecule has 2 nitrogen and oxygen atoms in total. The molecular formula is C17H26O2. The van der Waals surface area contributed by atoms with Gasteiger partial charge in [-0.25, -0.2) is 0 Å². The van der Waals surface area contributed by atoms with Gasteiger partial charge in [0.15, 0.2) is 0 Å². The molecule has 1 aliphatic carbocycles. The highest BCUT2D eigenvalue weighted by atomic mass is 16.5. The second-order valence-electron chi connectivity index (χ2n) is 5.50. The molecule has 0 bridgehead atoms. The molecule has 19 heavy (non-hydrogen) atoms. The van der Waals surface area contributed by atoms with Crippen LogP contribution >= 0.6 is 0 Å². The van der Waals surface area contributed by atoms with Crippen LogP contribution in [0, 0.1) is 5.41 Å². The molecule has 1 aromatic rings. The maximum Gasteiger partial charge on any atom is 0.0656 e. The van der Waals surface area contributed by atoms with Crippen LogP contribution < -0.4 is 0 Å². The van der Waals surface area contributed by atoms with Crippen molar-refractivity contribution < 1.29 is 9.47 Å². The molecule has 0 spiro atoms. The van der Waals surface area contributed by atoms with Crippen LogP contribution in [0.15, 0.2) is 30.3 Å². The number of ether oxygens (including phenoxy) is 2. The van der Waals surface area contributed by atoms with E-state index in [1.165, 1.54) is 24.8 Å². The topological polar surface area (TPSA) is 18.5 Å². The lowest BCUT2D eigenvalue weighted by Crippen LogP contribution is -2.39. The molecule has 1 saturated carbocycles. The summed E-state index contributed by atoms with van der Waals surface area (Å²) < 4.78 is 11.8. The molecule has 0 N–H and O–H groups in total. The van der Waals surface area contributed by atoms with E-state index in [1.807, 2.05) is 0 Å². The van der Waals surface area contributed by atoms with Crippen molar-refractivity contribution in [3.8, 4) is 0 Å². The maximum atomic E-state index is 6.01. The Kier molecular flexibility index (Phi) is 5.41. The summed E-state index contributed by atoms with van der Waals surface area (Å²) in [6.45, 7) is 6.57. The fraction of sp³-hybridized carbons (Fsp3) is 0.647. The van der Waals surface area contributed by atoms with Crippen LogP contribution in [-0.4, -0.2) is 25.9 Å². The van der Waals surface area contributed by atoms with Gasteiger partial charge in [0.05, 0.1) is 12.7 Å². The minimum atomic E-state index is 0.174. The minimum absolute atomic E-state index is 0.174. The van der Waals surface area contributed by atoms with Gasteiger partial charge in [0.25, 0.3) is 0 Å². The molecule has 2 unspecified atom stereocenters. The zero-order chi connectivity index (χ0) is 13.6. The van der Waals surface area contributed by atoms with Crippen LogP contribution in [0.2, 0.25) is 0 Å². The van der Waals surface area contributed by atoms with E-state index in [9.17, 15) is 0 Å². The zero-order valence-electron chi connectivity index (χ0n) is 12.2. The normalized spacial score (nSPS) is 26.7. The lowest BCUT2D eigenvalue weighted by molar-refractivity contribution is -0.0593. The Balaban J connectivity index is 2.14. The average Bonchev–Trinajstić information content (AvgIpc) is 2.81. The fourth-order valence-corrected chi connectivity index (χ4v) is 3.29. The van der Waals surface area contributed by atoms with Gasteiger partial charge in [0.2, 0.25) is 0 Å². The Morgan fingerprint density at radius 3 is 2.63 bits per heavy atom. The molecule has 0 heterocycles. The van der Waals surface area contributed by atoms with Crippen molar-refractivity contribution >= 4 is 0 Å². The molecule has 0 aromatic heterocycles. The Labute approximate surface area is 117 Å². The summed E-state index contributed by atoms with van der Waals surface area (Å²) in [5, 5.41) is 0. The number of hydrogen-bond acceptors (Lipinski definition) is 2. The lowest BCUT2D eigenvalue weighted by atomic mass is 9.79. The third-order valence-electron chi connectivity index (χ3n) is 4.18. The quantitative estimate of drug-likeness (QED) is 0.743. The van der Waals surface area contributed by atoms with Gasteiger partial charge < -0.3 is 9.47 Å². The van der Waals surface area contributed by atoms with Gasteiger partial charge in [-0.2, -0.15) is 0 Å². The highest BCUT2D eigenvalue weighted by molar-refractivity contribution is 5.18. The van der Waals surface area contributed by atoms with Crippen LogP contribution in [-0.2, 0) is 15.9 Å². The third-order valence-corrected chi connectivity index (χ3v) is 4.18. The predicted molar refractivity (Wildman–Crippen MR) is 78.3 cm³/mol. The molecule has 2 atom stereocenters. The standard InChI is InChI=1S/C17H26O2/c1-3-18-14-17(12-8-11-16(17)19-4-2)13-15-9-6-5-7-10-15/h5-7,9-10,16H,3-4,8,11-14H2,1-2H3.